The topological polar surface area (TPSA) is 55.8 Å². The minimum absolute atomic E-state index is 0.0226. The molecule has 1 aliphatic rings. The molecule has 0 fully saturated rings. The number of ether oxygens (including phenoxy) is 2. The maximum absolute atomic E-state index is 11.4. The fourth-order valence-corrected chi connectivity index (χ4v) is 3.71. The van der Waals surface area contributed by atoms with Crippen LogP contribution in [0.5, 0.6) is 11.5 Å². The van der Waals surface area contributed by atoms with Crippen molar-refractivity contribution in [2.45, 2.75) is 31.1 Å². The van der Waals surface area contributed by atoms with Gasteiger partial charge in [-0.2, -0.15) is 0 Å². The Balaban J connectivity index is 1.97. The number of aryl methyl sites for hydroxylation is 1. The van der Waals surface area contributed by atoms with E-state index in [4.69, 9.17) is 9.47 Å². The summed E-state index contributed by atoms with van der Waals surface area (Å²) in [5.74, 6) is 1.06. The summed E-state index contributed by atoms with van der Waals surface area (Å²) in [4.78, 5) is 11.4. The van der Waals surface area contributed by atoms with Gasteiger partial charge in [-0.3, -0.25) is 4.79 Å². The molecule has 2 aromatic carbocycles. The first-order chi connectivity index (χ1) is 11.6. The number of aliphatic carboxylic acids is 1. The molecule has 2 unspecified atom stereocenters. The highest BCUT2D eigenvalue weighted by Gasteiger charge is 2.32. The molecule has 0 spiro atoms. The van der Waals surface area contributed by atoms with E-state index in [2.05, 4.69) is 0 Å². The summed E-state index contributed by atoms with van der Waals surface area (Å²) in [5, 5.41) is 9.39. The van der Waals surface area contributed by atoms with Crippen molar-refractivity contribution in [3.8, 4) is 11.5 Å². The number of hydrogen-bond acceptors (Lipinski definition) is 3. The van der Waals surface area contributed by atoms with Gasteiger partial charge in [-0.25, -0.2) is 0 Å². The number of carboxylic acids is 1. The number of hydrogen-bond donors (Lipinski definition) is 1. The Morgan fingerprint density at radius 1 is 1.08 bits per heavy atom. The molecule has 3 rings (SSSR count). The summed E-state index contributed by atoms with van der Waals surface area (Å²) in [6, 6.07) is 14.0. The molecule has 0 heterocycles. The van der Waals surface area contributed by atoms with Gasteiger partial charge in [0.1, 0.15) is 11.5 Å². The molecule has 4 heteroatoms. The van der Waals surface area contributed by atoms with Crippen LogP contribution in [0.4, 0.5) is 0 Å². The summed E-state index contributed by atoms with van der Waals surface area (Å²) < 4.78 is 10.5. The van der Waals surface area contributed by atoms with Crippen molar-refractivity contribution < 1.29 is 19.4 Å². The van der Waals surface area contributed by atoms with Crippen LogP contribution in [0.25, 0.3) is 0 Å². The molecule has 0 bridgehead atoms. The van der Waals surface area contributed by atoms with Gasteiger partial charge in [0.25, 0.3) is 0 Å². The van der Waals surface area contributed by atoms with Gasteiger partial charge in [-0.1, -0.05) is 18.2 Å². The van der Waals surface area contributed by atoms with Crippen LogP contribution in [0.2, 0.25) is 0 Å². The summed E-state index contributed by atoms with van der Waals surface area (Å²) in [6.45, 7) is 0. The minimum Gasteiger partial charge on any atom is -0.497 e. The van der Waals surface area contributed by atoms with Crippen molar-refractivity contribution in [1.82, 2.24) is 0 Å². The second kappa shape index (κ2) is 6.95. The number of fused-ring (bicyclic) bond motifs is 1. The molecule has 1 aliphatic carbocycles. The van der Waals surface area contributed by atoms with Gasteiger partial charge >= 0.3 is 5.97 Å². The zero-order valence-corrected chi connectivity index (χ0v) is 14.0. The van der Waals surface area contributed by atoms with E-state index in [1.807, 2.05) is 42.5 Å². The second-order valence-electron chi connectivity index (χ2n) is 6.19. The summed E-state index contributed by atoms with van der Waals surface area (Å²) in [7, 11) is 3.30. The van der Waals surface area contributed by atoms with Crippen molar-refractivity contribution in [2.75, 3.05) is 14.2 Å². The van der Waals surface area contributed by atoms with E-state index in [9.17, 15) is 9.90 Å². The van der Waals surface area contributed by atoms with E-state index in [0.29, 0.717) is 0 Å². The van der Waals surface area contributed by atoms with Gasteiger partial charge in [0, 0.05) is 5.92 Å². The molecule has 0 amide bonds. The molecule has 126 valence electrons. The zero-order chi connectivity index (χ0) is 17.1. The van der Waals surface area contributed by atoms with Crippen molar-refractivity contribution in [3.05, 3.63) is 59.2 Å². The highest BCUT2D eigenvalue weighted by molar-refractivity contribution is 5.69. The first-order valence-electron chi connectivity index (χ1n) is 8.15. The number of carboxylic acid groups (broad SMARTS) is 1. The van der Waals surface area contributed by atoms with Crippen LogP contribution in [0.3, 0.4) is 0 Å². The highest BCUT2D eigenvalue weighted by atomic mass is 16.5. The fourth-order valence-electron chi connectivity index (χ4n) is 3.71. The third kappa shape index (κ3) is 3.23. The predicted molar refractivity (Wildman–Crippen MR) is 92.0 cm³/mol. The molecule has 24 heavy (non-hydrogen) atoms. The van der Waals surface area contributed by atoms with E-state index < -0.39 is 5.97 Å². The summed E-state index contributed by atoms with van der Waals surface area (Å²) >= 11 is 0. The third-order valence-corrected chi connectivity index (χ3v) is 4.90. The van der Waals surface area contributed by atoms with Crippen molar-refractivity contribution >= 4 is 5.97 Å². The second-order valence-corrected chi connectivity index (χ2v) is 6.19. The molecular weight excluding hydrogens is 304 g/mol. The van der Waals surface area contributed by atoms with Gasteiger partial charge in [-0.05, 0) is 59.7 Å². The van der Waals surface area contributed by atoms with Gasteiger partial charge in [0.15, 0.2) is 0 Å². The van der Waals surface area contributed by atoms with E-state index in [-0.39, 0.29) is 18.3 Å². The van der Waals surface area contributed by atoms with Crippen LogP contribution in [0.1, 0.15) is 41.4 Å². The van der Waals surface area contributed by atoms with Crippen LogP contribution in [0.15, 0.2) is 42.5 Å². The fraction of sp³-hybridized carbons (Fsp3) is 0.350. The molecule has 0 saturated carbocycles. The maximum Gasteiger partial charge on any atom is 0.303 e. The molecular formula is C20H22O4. The van der Waals surface area contributed by atoms with Crippen LogP contribution in [-0.2, 0) is 11.2 Å². The molecule has 0 aliphatic heterocycles. The number of methoxy groups -OCH3 is 2. The molecule has 4 nitrogen and oxygen atoms in total. The van der Waals surface area contributed by atoms with Crippen LogP contribution in [0, 0.1) is 0 Å². The average Bonchev–Trinajstić information content (AvgIpc) is 2.61. The van der Waals surface area contributed by atoms with Crippen molar-refractivity contribution in [2.24, 2.45) is 0 Å². The van der Waals surface area contributed by atoms with E-state index in [1.54, 1.807) is 14.2 Å². The average molecular weight is 326 g/mol. The van der Waals surface area contributed by atoms with E-state index in [1.165, 1.54) is 11.1 Å². The lowest BCUT2D eigenvalue weighted by molar-refractivity contribution is -0.137. The highest BCUT2D eigenvalue weighted by Crippen LogP contribution is 2.45. The van der Waals surface area contributed by atoms with E-state index in [0.717, 1.165) is 29.9 Å². The Hall–Kier alpha value is -2.49. The Labute approximate surface area is 142 Å². The summed E-state index contributed by atoms with van der Waals surface area (Å²) in [5.41, 5.74) is 3.50. The van der Waals surface area contributed by atoms with Gasteiger partial charge in [0.05, 0.1) is 20.6 Å². The molecule has 2 atom stereocenters. The zero-order valence-electron chi connectivity index (χ0n) is 14.0. The lowest BCUT2D eigenvalue weighted by atomic mass is 9.71. The van der Waals surface area contributed by atoms with Crippen molar-refractivity contribution in [1.29, 1.82) is 0 Å². The molecule has 2 aromatic rings. The Morgan fingerprint density at radius 3 is 2.38 bits per heavy atom. The van der Waals surface area contributed by atoms with Crippen molar-refractivity contribution in [3.63, 3.8) is 0 Å². The molecule has 0 aromatic heterocycles. The lowest BCUT2D eigenvalue weighted by Gasteiger charge is -2.33. The first kappa shape index (κ1) is 16.4. The van der Waals surface area contributed by atoms with Crippen LogP contribution >= 0.6 is 0 Å². The Bertz CT molecular complexity index is 721. The third-order valence-electron chi connectivity index (χ3n) is 4.90. The molecule has 1 N–H and O–H groups in total. The lowest BCUT2D eigenvalue weighted by Crippen LogP contribution is -2.22. The Morgan fingerprint density at radius 2 is 1.75 bits per heavy atom. The maximum atomic E-state index is 11.4. The van der Waals surface area contributed by atoms with Crippen LogP contribution < -0.4 is 9.47 Å². The smallest absolute Gasteiger partial charge is 0.303 e. The van der Waals surface area contributed by atoms with Crippen LogP contribution in [-0.4, -0.2) is 25.3 Å². The monoisotopic (exact) mass is 326 g/mol. The predicted octanol–water partition coefficient (Wildman–Crippen LogP) is 3.99. The number of benzene rings is 2. The standard InChI is InChI=1S/C20H22O4/c1-23-15-6-3-13(4-7-15)17-9-5-14-11-16(24-2)8-10-18(14)19(17)12-20(21)22/h3-4,6-8,10-11,17,19H,5,9,12H2,1-2H3,(H,21,22). The largest absolute Gasteiger partial charge is 0.497 e. The first-order valence-corrected chi connectivity index (χ1v) is 8.15. The Kier molecular flexibility index (Phi) is 4.74. The SMILES string of the molecule is COc1ccc(C2CCc3cc(OC)ccc3C2CC(=O)O)cc1. The molecule has 0 saturated heterocycles. The molecule has 0 radical (unpaired) electrons. The van der Waals surface area contributed by atoms with Gasteiger partial charge in [0.2, 0.25) is 0 Å². The minimum atomic E-state index is -0.762. The quantitative estimate of drug-likeness (QED) is 0.902. The number of rotatable bonds is 5. The summed E-state index contributed by atoms with van der Waals surface area (Å²) in [6.07, 6.45) is 2.00. The van der Waals surface area contributed by atoms with E-state index >= 15 is 0 Å². The van der Waals surface area contributed by atoms with Gasteiger partial charge < -0.3 is 14.6 Å². The number of carbonyl (C=O) groups is 1. The van der Waals surface area contributed by atoms with Gasteiger partial charge in [-0.15, -0.1) is 0 Å². The normalized spacial score (nSPS) is 19.4.